The molecule has 1 aliphatic heterocycles. The molecule has 0 spiro atoms. The number of hydrogen-bond donors (Lipinski definition) is 3. The van der Waals surface area contributed by atoms with Gasteiger partial charge in [0.05, 0.1) is 0 Å². The Balaban J connectivity index is 2.15. The molecular weight excluding hydrogens is 206 g/mol. The first-order chi connectivity index (χ1) is 7.74. The molecule has 1 heterocycles. The van der Waals surface area contributed by atoms with Crippen molar-refractivity contribution in [1.82, 2.24) is 16.2 Å². The van der Waals surface area contributed by atoms with Gasteiger partial charge in [0.2, 0.25) is 11.8 Å². The summed E-state index contributed by atoms with van der Waals surface area (Å²) < 4.78 is 0. The number of unbranched alkanes of at least 4 members (excludes halogenated alkanes) is 1. The molecule has 5 heteroatoms. The highest BCUT2D eigenvalue weighted by molar-refractivity contribution is 5.83. The first-order valence-corrected chi connectivity index (χ1v) is 6.03. The minimum Gasteiger partial charge on any atom is -0.317 e. The Morgan fingerprint density at radius 1 is 1.25 bits per heavy atom. The Kier molecular flexibility index (Phi) is 5.85. The fourth-order valence-electron chi connectivity index (χ4n) is 1.72. The summed E-state index contributed by atoms with van der Waals surface area (Å²) in [6.07, 6.45) is 4.00. The van der Waals surface area contributed by atoms with Crippen LogP contribution in [0.2, 0.25) is 0 Å². The quantitative estimate of drug-likeness (QED) is 0.606. The molecule has 0 aliphatic carbocycles. The van der Waals surface area contributed by atoms with E-state index < -0.39 is 0 Å². The van der Waals surface area contributed by atoms with E-state index in [2.05, 4.69) is 16.2 Å². The Morgan fingerprint density at radius 2 is 1.94 bits per heavy atom. The van der Waals surface area contributed by atoms with Gasteiger partial charge in [-0.05, 0) is 32.4 Å². The van der Waals surface area contributed by atoms with Crippen LogP contribution in [0.15, 0.2) is 0 Å². The van der Waals surface area contributed by atoms with Crippen LogP contribution in [0.4, 0.5) is 0 Å². The molecule has 0 aromatic rings. The van der Waals surface area contributed by atoms with Crippen LogP contribution in [0.3, 0.4) is 0 Å². The predicted octanol–water partition coefficient (Wildman–Crippen LogP) is 0.324. The smallest absolute Gasteiger partial charge is 0.241 e. The maximum atomic E-state index is 11.6. The lowest BCUT2D eigenvalue weighted by Gasteiger charge is -2.21. The maximum Gasteiger partial charge on any atom is 0.241 e. The highest BCUT2D eigenvalue weighted by Crippen LogP contribution is 2.10. The zero-order chi connectivity index (χ0) is 11.8. The molecule has 1 rings (SSSR count). The second-order valence-electron chi connectivity index (χ2n) is 4.17. The van der Waals surface area contributed by atoms with Gasteiger partial charge in [0, 0.05) is 12.3 Å². The molecule has 92 valence electrons. The van der Waals surface area contributed by atoms with Crippen molar-refractivity contribution >= 4 is 11.8 Å². The Morgan fingerprint density at radius 3 is 2.56 bits per heavy atom. The van der Waals surface area contributed by atoms with E-state index in [0.29, 0.717) is 6.42 Å². The molecule has 1 saturated heterocycles. The minimum atomic E-state index is -0.107. The van der Waals surface area contributed by atoms with Crippen molar-refractivity contribution in [2.75, 3.05) is 13.1 Å². The fourth-order valence-corrected chi connectivity index (χ4v) is 1.72. The van der Waals surface area contributed by atoms with Gasteiger partial charge in [0.25, 0.3) is 0 Å². The minimum absolute atomic E-state index is 0.0349. The molecule has 0 atom stereocenters. The van der Waals surface area contributed by atoms with E-state index in [4.69, 9.17) is 0 Å². The monoisotopic (exact) mass is 227 g/mol. The molecule has 0 aromatic carbocycles. The van der Waals surface area contributed by atoms with Gasteiger partial charge in [0.15, 0.2) is 0 Å². The number of rotatable bonds is 4. The molecule has 0 aromatic heterocycles. The zero-order valence-electron chi connectivity index (χ0n) is 9.84. The molecule has 1 aliphatic rings. The van der Waals surface area contributed by atoms with Gasteiger partial charge in [0.1, 0.15) is 0 Å². The Hall–Kier alpha value is -1.10. The summed E-state index contributed by atoms with van der Waals surface area (Å²) in [6.45, 7) is 3.78. The van der Waals surface area contributed by atoms with E-state index >= 15 is 0 Å². The SMILES string of the molecule is CCCCC(=O)NNC(=O)C1CCNCC1. The molecule has 5 nitrogen and oxygen atoms in total. The zero-order valence-corrected chi connectivity index (χ0v) is 9.84. The topological polar surface area (TPSA) is 70.2 Å². The molecule has 2 amide bonds. The fraction of sp³-hybridized carbons (Fsp3) is 0.818. The van der Waals surface area contributed by atoms with E-state index in [-0.39, 0.29) is 17.7 Å². The van der Waals surface area contributed by atoms with Crippen LogP contribution in [0, 0.1) is 5.92 Å². The lowest BCUT2D eigenvalue weighted by atomic mass is 9.98. The first-order valence-electron chi connectivity index (χ1n) is 6.03. The third-order valence-corrected chi connectivity index (χ3v) is 2.79. The third kappa shape index (κ3) is 4.61. The average Bonchev–Trinajstić information content (AvgIpc) is 2.34. The van der Waals surface area contributed by atoms with E-state index in [1.807, 2.05) is 6.92 Å². The van der Waals surface area contributed by atoms with Crippen LogP contribution in [-0.4, -0.2) is 24.9 Å². The molecular formula is C11H21N3O2. The highest BCUT2D eigenvalue weighted by atomic mass is 16.2. The number of hydrazine groups is 1. The summed E-state index contributed by atoms with van der Waals surface area (Å²) in [5.41, 5.74) is 4.95. The van der Waals surface area contributed by atoms with Gasteiger partial charge in [-0.15, -0.1) is 0 Å². The summed E-state index contributed by atoms with van der Waals surface area (Å²) in [5.74, 6) is -0.136. The maximum absolute atomic E-state index is 11.6. The van der Waals surface area contributed by atoms with Crippen LogP contribution in [0.5, 0.6) is 0 Å². The number of piperidine rings is 1. The van der Waals surface area contributed by atoms with Crippen molar-refractivity contribution in [1.29, 1.82) is 0 Å². The summed E-state index contributed by atoms with van der Waals surface area (Å²) in [7, 11) is 0. The van der Waals surface area contributed by atoms with Crippen molar-refractivity contribution in [2.24, 2.45) is 5.92 Å². The standard InChI is InChI=1S/C11H21N3O2/c1-2-3-4-10(15)13-14-11(16)9-5-7-12-8-6-9/h9,12H,2-8H2,1H3,(H,13,15)(H,14,16). The van der Waals surface area contributed by atoms with E-state index in [0.717, 1.165) is 38.8 Å². The normalized spacial score (nSPS) is 16.8. The second-order valence-corrected chi connectivity index (χ2v) is 4.17. The number of carbonyl (C=O) groups excluding carboxylic acids is 2. The van der Waals surface area contributed by atoms with Gasteiger partial charge >= 0.3 is 0 Å². The summed E-state index contributed by atoms with van der Waals surface area (Å²) in [5, 5.41) is 3.20. The molecule has 3 N–H and O–H groups in total. The Labute approximate surface area is 96.3 Å². The predicted molar refractivity (Wildman–Crippen MR) is 61.4 cm³/mol. The first kappa shape index (κ1) is 13.0. The third-order valence-electron chi connectivity index (χ3n) is 2.79. The molecule has 0 unspecified atom stereocenters. The van der Waals surface area contributed by atoms with E-state index in [1.54, 1.807) is 0 Å². The van der Waals surface area contributed by atoms with Crippen molar-refractivity contribution in [2.45, 2.75) is 39.0 Å². The second kappa shape index (κ2) is 7.22. The van der Waals surface area contributed by atoms with Gasteiger partial charge in [-0.3, -0.25) is 20.4 Å². The van der Waals surface area contributed by atoms with Gasteiger partial charge in [-0.25, -0.2) is 0 Å². The lowest BCUT2D eigenvalue weighted by Crippen LogP contribution is -2.46. The number of hydrogen-bond acceptors (Lipinski definition) is 3. The van der Waals surface area contributed by atoms with E-state index in [1.165, 1.54) is 0 Å². The van der Waals surface area contributed by atoms with Crippen LogP contribution in [0.25, 0.3) is 0 Å². The lowest BCUT2D eigenvalue weighted by molar-refractivity contribution is -0.131. The van der Waals surface area contributed by atoms with Gasteiger partial charge in [-0.1, -0.05) is 13.3 Å². The van der Waals surface area contributed by atoms with Crippen molar-refractivity contribution in [3.05, 3.63) is 0 Å². The van der Waals surface area contributed by atoms with E-state index in [9.17, 15) is 9.59 Å². The summed E-state index contributed by atoms with van der Waals surface area (Å²) in [6, 6.07) is 0. The molecule has 0 saturated carbocycles. The number of amides is 2. The molecule has 0 radical (unpaired) electrons. The molecule has 0 bridgehead atoms. The largest absolute Gasteiger partial charge is 0.317 e. The molecule has 1 fully saturated rings. The highest BCUT2D eigenvalue weighted by Gasteiger charge is 2.20. The number of carbonyl (C=O) groups is 2. The number of nitrogens with one attached hydrogen (secondary N) is 3. The average molecular weight is 227 g/mol. The summed E-state index contributed by atoms with van der Waals surface area (Å²) >= 11 is 0. The van der Waals surface area contributed by atoms with Crippen molar-refractivity contribution in [3.63, 3.8) is 0 Å². The molecule has 16 heavy (non-hydrogen) atoms. The van der Waals surface area contributed by atoms with Crippen LogP contribution < -0.4 is 16.2 Å². The van der Waals surface area contributed by atoms with Gasteiger partial charge < -0.3 is 5.32 Å². The van der Waals surface area contributed by atoms with Crippen LogP contribution in [-0.2, 0) is 9.59 Å². The summed E-state index contributed by atoms with van der Waals surface area (Å²) in [4.78, 5) is 22.9. The van der Waals surface area contributed by atoms with Crippen molar-refractivity contribution in [3.8, 4) is 0 Å². The van der Waals surface area contributed by atoms with Crippen LogP contribution in [0.1, 0.15) is 39.0 Å². The van der Waals surface area contributed by atoms with Gasteiger partial charge in [-0.2, -0.15) is 0 Å². The Bertz CT molecular complexity index is 237. The van der Waals surface area contributed by atoms with Crippen LogP contribution >= 0.6 is 0 Å². The van der Waals surface area contributed by atoms with Crippen molar-refractivity contribution < 1.29 is 9.59 Å².